The maximum Gasteiger partial charge on any atom is 0.321 e. The Morgan fingerprint density at radius 2 is 2.13 bits per heavy atom. The molecule has 1 aliphatic heterocycles. The first kappa shape index (κ1) is 17.6. The molecule has 1 atom stereocenters. The molecule has 0 bridgehead atoms. The molecule has 1 N–H and O–H groups in total. The van der Waals surface area contributed by atoms with Crippen LogP contribution >= 0.6 is 11.6 Å². The fraction of sp³-hybridized carbons (Fsp3) is 0.500. The summed E-state index contributed by atoms with van der Waals surface area (Å²) in [5, 5.41) is 3.41. The van der Waals surface area contributed by atoms with E-state index in [1.807, 2.05) is 0 Å². The third-order valence-corrected chi connectivity index (χ3v) is 3.90. The van der Waals surface area contributed by atoms with Crippen LogP contribution in [0.5, 0.6) is 0 Å². The molecule has 1 unspecified atom stereocenters. The normalized spacial score (nSPS) is 16.9. The van der Waals surface area contributed by atoms with Crippen LogP contribution < -0.4 is 5.32 Å². The van der Waals surface area contributed by atoms with Gasteiger partial charge in [-0.3, -0.25) is 4.79 Å². The van der Waals surface area contributed by atoms with Crippen LogP contribution in [-0.4, -0.2) is 49.8 Å². The Bertz CT molecular complexity index is 529. The molecule has 0 aromatic heterocycles. The van der Waals surface area contributed by atoms with E-state index in [-0.39, 0.29) is 31.1 Å². The van der Waals surface area contributed by atoms with Crippen LogP contribution in [0.15, 0.2) is 24.3 Å². The van der Waals surface area contributed by atoms with E-state index in [0.29, 0.717) is 23.9 Å². The summed E-state index contributed by atoms with van der Waals surface area (Å²) >= 11 is 5.83. The van der Waals surface area contributed by atoms with Gasteiger partial charge in [-0.05, 0) is 37.1 Å². The quantitative estimate of drug-likeness (QED) is 0.808. The van der Waals surface area contributed by atoms with E-state index in [1.165, 1.54) is 7.11 Å². The highest BCUT2D eigenvalue weighted by molar-refractivity contribution is 6.30. The fourth-order valence-electron chi connectivity index (χ4n) is 2.37. The van der Waals surface area contributed by atoms with Gasteiger partial charge in [0.25, 0.3) is 0 Å². The number of benzene rings is 1. The number of amides is 2. The molecule has 0 saturated carbocycles. The summed E-state index contributed by atoms with van der Waals surface area (Å²) in [6, 6.07) is 6.59. The maximum absolute atomic E-state index is 12.5. The molecule has 1 aromatic rings. The van der Waals surface area contributed by atoms with Gasteiger partial charge in [0.2, 0.25) is 0 Å². The number of nitrogens with one attached hydrogen (secondary N) is 1. The average molecular weight is 341 g/mol. The van der Waals surface area contributed by atoms with E-state index in [0.717, 1.165) is 12.8 Å². The Balaban J connectivity index is 1.96. The second-order valence-corrected chi connectivity index (χ2v) is 5.78. The van der Waals surface area contributed by atoms with Crippen LogP contribution in [0.4, 0.5) is 10.5 Å². The molecule has 0 aliphatic carbocycles. The van der Waals surface area contributed by atoms with Gasteiger partial charge in [0.15, 0.2) is 0 Å². The molecule has 1 aromatic carbocycles. The van der Waals surface area contributed by atoms with Crippen molar-refractivity contribution in [2.24, 2.45) is 0 Å². The zero-order valence-corrected chi connectivity index (χ0v) is 13.8. The zero-order chi connectivity index (χ0) is 16.7. The largest absolute Gasteiger partial charge is 0.469 e. The number of nitrogens with zero attached hydrogens (tertiary/aromatic N) is 1. The van der Waals surface area contributed by atoms with Gasteiger partial charge in [-0.15, -0.1) is 0 Å². The predicted octanol–water partition coefficient (Wildman–Crippen LogP) is 2.92. The number of hydrogen-bond acceptors (Lipinski definition) is 4. The smallest absolute Gasteiger partial charge is 0.321 e. The van der Waals surface area contributed by atoms with Crippen molar-refractivity contribution < 1.29 is 19.1 Å². The van der Waals surface area contributed by atoms with Gasteiger partial charge in [0, 0.05) is 30.4 Å². The summed E-state index contributed by atoms with van der Waals surface area (Å²) in [5.41, 5.74) is 0.648. The predicted molar refractivity (Wildman–Crippen MR) is 87.7 cm³/mol. The lowest BCUT2D eigenvalue weighted by Gasteiger charge is -2.25. The van der Waals surface area contributed by atoms with E-state index in [4.69, 9.17) is 16.3 Å². The lowest BCUT2D eigenvalue weighted by molar-refractivity contribution is -0.140. The van der Waals surface area contributed by atoms with Crippen LogP contribution in [0.1, 0.15) is 19.3 Å². The van der Waals surface area contributed by atoms with Crippen molar-refractivity contribution in [1.82, 2.24) is 4.90 Å². The van der Waals surface area contributed by atoms with E-state index < -0.39 is 0 Å². The molecule has 2 rings (SSSR count). The monoisotopic (exact) mass is 340 g/mol. The first-order valence-corrected chi connectivity index (χ1v) is 7.96. The molecular weight excluding hydrogens is 320 g/mol. The minimum atomic E-state index is -0.346. The van der Waals surface area contributed by atoms with Crippen LogP contribution in [-0.2, 0) is 14.3 Å². The van der Waals surface area contributed by atoms with Gasteiger partial charge in [0.1, 0.15) is 0 Å². The first-order chi connectivity index (χ1) is 11.1. The first-order valence-electron chi connectivity index (χ1n) is 7.58. The number of carbonyl (C=O) groups excluding carboxylic acids is 2. The van der Waals surface area contributed by atoms with E-state index in [1.54, 1.807) is 29.2 Å². The van der Waals surface area contributed by atoms with Crippen molar-refractivity contribution in [1.29, 1.82) is 0 Å². The summed E-state index contributed by atoms with van der Waals surface area (Å²) < 4.78 is 10.2. The van der Waals surface area contributed by atoms with Crippen molar-refractivity contribution in [2.75, 3.05) is 32.1 Å². The Hall–Kier alpha value is -1.79. The van der Waals surface area contributed by atoms with Gasteiger partial charge in [-0.25, -0.2) is 4.79 Å². The Morgan fingerprint density at radius 1 is 1.39 bits per heavy atom. The third kappa shape index (κ3) is 5.73. The number of hydrogen-bond donors (Lipinski definition) is 1. The zero-order valence-electron chi connectivity index (χ0n) is 13.1. The van der Waals surface area contributed by atoms with E-state index >= 15 is 0 Å². The summed E-state index contributed by atoms with van der Waals surface area (Å²) in [4.78, 5) is 25.4. The molecule has 0 radical (unpaired) electrons. The van der Waals surface area contributed by atoms with Crippen LogP contribution in [0.3, 0.4) is 0 Å². The SMILES string of the molecule is COC(=O)CCN(CC1CCCO1)C(=O)Nc1ccc(Cl)cc1. The number of esters is 1. The highest BCUT2D eigenvalue weighted by Gasteiger charge is 2.23. The van der Waals surface area contributed by atoms with Gasteiger partial charge >= 0.3 is 12.0 Å². The maximum atomic E-state index is 12.5. The minimum absolute atomic E-state index is 0.0172. The molecule has 1 aliphatic rings. The Morgan fingerprint density at radius 3 is 2.74 bits per heavy atom. The summed E-state index contributed by atoms with van der Waals surface area (Å²) in [7, 11) is 1.33. The molecule has 2 amide bonds. The highest BCUT2D eigenvalue weighted by Crippen LogP contribution is 2.16. The van der Waals surface area contributed by atoms with Crippen molar-refractivity contribution >= 4 is 29.3 Å². The van der Waals surface area contributed by atoms with Crippen LogP contribution in [0.2, 0.25) is 5.02 Å². The minimum Gasteiger partial charge on any atom is -0.469 e. The van der Waals surface area contributed by atoms with Crippen LogP contribution in [0.25, 0.3) is 0 Å². The van der Waals surface area contributed by atoms with Gasteiger partial charge < -0.3 is 19.7 Å². The fourth-order valence-corrected chi connectivity index (χ4v) is 2.50. The molecular formula is C16H21ClN2O4. The van der Waals surface area contributed by atoms with Crippen molar-refractivity contribution in [3.63, 3.8) is 0 Å². The van der Waals surface area contributed by atoms with Crippen LogP contribution in [0, 0.1) is 0 Å². The van der Waals surface area contributed by atoms with Gasteiger partial charge in [-0.1, -0.05) is 11.6 Å². The number of rotatable bonds is 6. The van der Waals surface area contributed by atoms with Crippen molar-refractivity contribution in [2.45, 2.75) is 25.4 Å². The van der Waals surface area contributed by atoms with Gasteiger partial charge in [0.05, 0.1) is 19.6 Å². The Kier molecular flexibility index (Phi) is 6.67. The van der Waals surface area contributed by atoms with E-state index in [9.17, 15) is 9.59 Å². The number of carbonyl (C=O) groups is 2. The van der Waals surface area contributed by atoms with Gasteiger partial charge in [-0.2, -0.15) is 0 Å². The van der Waals surface area contributed by atoms with Crippen molar-refractivity contribution in [3.8, 4) is 0 Å². The standard InChI is InChI=1S/C16H21ClN2O4/c1-22-15(20)8-9-19(11-14-3-2-10-23-14)16(21)18-13-6-4-12(17)5-7-13/h4-7,14H,2-3,8-11H2,1H3,(H,18,21). The topological polar surface area (TPSA) is 67.9 Å². The van der Waals surface area contributed by atoms with E-state index in [2.05, 4.69) is 10.1 Å². The molecule has 1 saturated heterocycles. The number of methoxy groups -OCH3 is 1. The Labute approximate surface area is 140 Å². The molecule has 6 nitrogen and oxygen atoms in total. The second kappa shape index (κ2) is 8.74. The average Bonchev–Trinajstić information content (AvgIpc) is 3.06. The third-order valence-electron chi connectivity index (χ3n) is 3.64. The van der Waals surface area contributed by atoms with Crippen molar-refractivity contribution in [3.05, 3.63) is 29.3 Å². The molecule has 126 valence electrons. The lowest BCUT2D eigenvalue weighted by atomic mass is 10.2. The number of halogens is 1. The number of anilines is 1. The summed E-state index contributed by atoms with van der Waals surface area (Å²) in [6.07, 6.45) is 2.08. The number of ether oxygens (including phenoxy) is 2. The molecule has 23 heavy (non-hydrogen) atoms. The highest BCUT2D eigenvalue weighted by atomic mass is 35.5. The molecule has 1 heterocycles. The molecule has 7 heteroatoms. The summed E-state index contributed by atoms with van der Waals surface area (Å²) in [6.45, 7) is 1.46. The number of urea groups is 1. The second-order valence-electron chi connectivity index (χ2n) is 5.34. The lowest BCUT2D eigenvalue weighted by Crippen LogP contribution is -2.41. The molecule has 0 spiro atoms. The molecule has 1 fully saturated rings. The summed E-state index contributed by atoms with van der Waals surface area (Å²) in [5.74, 6) is -0.346.